The molecule has 0 radical (unpaired) electrons. The molecule has 18 heavy (non-hydrogen) atoms. The van der Waals surface area contributed by atoms with Crippen LogP contribution in [0.4, 0.5) is 5.82 Å². The molecule has 0 fully saturated rings. The van der Waals surface area contributed by atoms with Gasteiger partial charge >= 0.3 is 5.97 Å². The van der Waals surface area contributed by atoms with E-state index in [-0.39, 0.29) is 11.4 Å². The fourth-order valence-corrected chi connectivity index (χ4v) is 1.57. The number of anilines is 1. The Labute approximate surface area is 102 Å². The minimum Gasteiger partial charge on any atom is -0.494 e. The molecule has 2 heterocycles. The Morgan fingerprint density at radius 3 is 2.78 bits per heavy atom. The molecule has 7 nitrogen and oxygen atoms in total. The average molecular weight is 246 g/mol. The number of methoxy groups -OCH3 is 1. The molecule has 0 saturated heterocycles. The number of ether oxygens (including phenoxy) is 1. The van der Waals surface area contributed by atoms with Crippen LogP contribution in [0.1, 0.15) is 10.4 Å². The van der Waals surface area contributed by atoms with E-state index in [1.807, 2.05) is 0 Å². The summed E-state index contributed by atoms with van der Waals surface area (Å²) in [6, 6.07) is 1.57. The molecule has 0 aliphatic carbocycles. The van der Waals surface area contributed by atoms with Crippen LogP contribution >= 0.6 is 0 Å². The van der Waals surface area contributed by atoms with Gasteiger partial charge in [-0.1, -0.05) is 0 Å². The highest BCUT2D eigenvalue weighted by Crippen LogP contribution is 2.33. The Hall–Kier alpha value is -2.70. The third kappa shape index (κ3) is 1.93. The lowest BCUT2D eigenvalue weighted by molar-refractivity contribution is 0.0698. The standard InChI is InChI=1S/C11H10N4O3/c1-18-7-4-14-10(12)9(11(16)17)8(7)6-2-3-13-5-15-6/h2-5H,1H3,(H2,12,14)(H,16,17). The molecule has 2 aromatic rings. The normalized spacial score (nSPS) is 10.1. The molecule has 92 valence electrons. The molecule has 2 rings (SSSR count). The van der Waals surface area contributed by atoms with Crippen molar-refractivity contribution in [3.8, 4) is 17.0 Å². The summed E-state index contributed by atoms with van der Waals surface area (Å²) < 4.78 is 5.10. The molecule has 0 bridgehead atoms. The number of aromatic nitrogens is 3. The number of nitrogens with zero attached hydrogens (tertiary/aromatic N) is 3. The topological polar surface area (TPSA) is 111 Å². The van der Waals surface area contributed by atoms with Crippen LogP contribution in [-0.4, -0.2) is 33.1 Å². The summed E-state index contributed by atoms with van der Waals surface area (Å²) in [5.41, 5.74) is 6.16. The van der Waals surface area contributed by atoms with Crippen LogP contribution in [0, 0.1) is 0 Å². The van der Waals surface area contributed by atoms with Crippen LogP contribution in [0.25, 0.3) is 11.3 Å². The van der Waals surface area contributed by atoms with Crippen LogP contribution in [0.15, 0.2) is 24.8 Å². The van der Waals surface area contributed by atoms with E-state index in [2.05, 4.69) is 15.0 Å². The van der Waals surface area contributed by atoms with Gasteiger partial charge in [-0.25, -0.2) is 19.7 Å². The predicted molar refractivity (Wildman–Crippen MR) is 63.2 cm³/mol. The predicted octanol–water partition coefficient (Wildman–Crippen LogP) is 0.828. The number of carbonyl (C=O) groups is 1. The van der Waals surface area contributed by atoms with Crippen LogP contribution < -0.4 is 10.5 Å². The molecule has 0 aromatic carbocycles. The number of rotatable bonds is 3. The monoisotopic (exact) mass is 246 g/mol. The molecular weight excluding hydrogens is 236 g/mol. The maximum atomic E-state index is 11.3. The molecule has 3 N–H and O–H groups in total. The number of nitrogens with two attached hydrogens (primary N) is 1. The van der Waals surface area contributed by atoms with Crippen LogP contribution in [0.5, 0.6) is 5.75 Å². The van der Waals surface area contributed by atoms with Gasteiger partial charge in [-0.15, -0.1) is 0 Å². The second-order valence-corrected chi connectivity index (χ2v) is 3.36. The van der Waals surface area contributed by atoms with Gasteiger partial charge < -0.3 is 15.6 Å². The van der Waals surface area contributed by atoms with Gasteiger partial charge in [0, 0.05) is 6.20 Å². The molecule has 0 spiro atoms. The van der Waals surface area contributed by atoms with Crippen LogP contribution in [0.2, 0.25) is 0 Å². The van der Waals surface area contributed by atoms with Gasteiger partial charge in [-0.05, 0) is 6.07 Å². The third-order valence-electron chi connectivity index (χ3n) is 2.35. The quantitative estimate of drug-likeness (QED) is 0.824. The number of hydrogen-bond acceptors (Lipinski definition) is 6. The minimum absolute atomic E-state index is 0.0862. The van der Waals surface area contributed by atoms with Crippen molar-refractivity contribution in [2.24, 2.45) is 0 Å². The molecule has 7 heteroatoms. The Balaban J connectivity index is 2.78. The molecule has 0 saturated carbocycles. The highest BCUT2D eigenvalue weighted by atomic mass is 16.5. The van der Waals surface area contributed by atoms with Crippen LogP contribution in [0.3, 0.4) is 0 Å². The van der Waals surface area contributed by atoms with Crippen LogP contribution in [-0.2, 0) is 0 Å². The first-order valence-electron chi connectivity index (χ1n) is 4.97. The Bertz CT molecular complexity index is 586. The minimum atomic E-state index is -1.19. The summed E-state index contributed by atoms with van der Waals surface area (Å²) in [6.45, 7) is 0. The van der Waals surface area contributed by atoms with E-state index in [1.165, 1.54) is 25.8 Å². The van der Waals surface area contributed by atoms with Crippen molar-refractivity contribution >= 4 is 11.8 Å². The van der Waals surface area contributed by atoms with E-state index in [4.69, 9.17) is 10.5 Å². The second-order valence-electron chi connectivity index (χ2n) is 3.36. The fourth-order valence-electron chi connectivity index (χ4n) is 1.57. The maximum Gasteiger partial charge on any atom is 0.340 e. The molecule has 0 atom stereocenters. The summed E-state index contributed by atoms with van der Waals surface area (Å²) in [7, 11) is 1.42. The third-order valence-corrected chi connectivity index (χ3v) is 2.35. The van der Waals surface area contributed by atoms with Gasteiger partial charge in [-0.3, -0.25) is 0 Å². The second kappa shape index (κ2) is 4.66. The van der Waals surface area contributed by atoms with Gasteiger partial charge in [0.25, 0.3) is 0 Å². The van der Waals surface area contributed by atoms with Crippen molar-refractivity contribution < 1.29 is 14.6 Å². The number of aromatic carboxylic acids is 1. The number of hydrogen-bond donors (Lipinski definition) is 2. The zero-order valence-electron chi connectivity index (χ0n) is 9.49. The first-order valence-corrected chi connectivity index (χ1v) is 4.97. The van der Waals surface area contributed by atoms with Gasteiger partial charge in [0.2, 0.25) is 0 Å². The van der Waals surface area contributed by atoms with E-state index in [0.717, 1.165) is 0 Å². The summed E-state index contributed by atoms with van der Waals surface area (Å²) in [6.07, 6.45) is 4.18. The summed E-state index contributed by atoms with van der Waals surface area (Å²) >= 11 is 0. The van der Waals surface area contributed by atoms with Crippen molar-refractivity contribution in [1.82, 2.24) is 15.0 Å². The lowest BCUT2D eigenvalue weighted by Gasteiger charge is -2.11. The number of carboxylic acid groups (broad SMARTS) is 1. The highest BCUT2D eigenvalue weighted by molar-refractivity contribution is 6.01. The molecule has 0 amide bonds. The summed E-state index contributed by atoms with van der Waals surface area (Å²) in [5.74, 6) is -0.982. The maximum absolute atomic E-state index is 11.3. The SMILES string of the molecule is COc1cnc(N)c(C(=O)O)c1-c1ccncn1. The van der Waals surface area contributed by atoms with Gasteiger partial charge in [0.15, 0.2) is 0 Å². The molecular formula is C11H10N4O3. The molecule has 0 aliphatic rings. The Morgan fingerprint density at radius 2 is 2.22 bits per heavy atom. The molecule has 0 aliphatic heterocycles. The highest BCUT2D eigenvalue weighted by Gasteiger charge is 2.21. The number of pyridine rings is 1. The molecule has 2 aromatic heterocycles. The first kappa shape index (κ1) is 11.8. The van der Waals surface area contributed by atoms with Crippen molar-refractivity contribution in [2.75, 3.05) is 12.8 Å². The first-order chi connectivity index (χ1) is 8.65. The average Bonchev–Trinajstić information content (AvgIpc) is 2.39. The number of nitrogen functional groups attached to an aromatic ring is 1. The van der Waals surface area contributed by atoms with E-state index < -0.39 is 5.97 Å². The van der Waals surface area contributed by atoms with Crippen molar-refractivity contribution in [3.05, 3.63) is 30.4 Å². The summed E-state index contributed by atoms with van der Waals surface area (Å²) in [4.78, 5) is 22.8. The van der Waals surface area contributed by atoms with Crippen molar-refractivity contribution in [1.29, 1.82) is 0 Å². The van der Waals surface area contributed by atoms with E-state index in [9.17, 15) is 9.90 Å². The van der Waals surface area contributed by atoms with Crippen molar-refractivity contribution in [2.45, 2.75) is 0 Å². The smallest absolute Gasteiger partial charge is 0.340 e. The van der Waals surface area contributed by atoms with Gasteiger partial charge in [0.05, 0.1) is 24.6 Å². The fraction of sp³-hybridized carbons (Fsp3) is 0.0909. The van der Waals surface area contributed by atoms with Gasteiger partial charge in [0.1, 0.15) is 23.5 Å². The zero-order chi connectivity index (χ0) is 13.1. The van der Waals surface area contributed by atoms with E-state index in [0.29, 0.717) is 17.0 Å². The molecule has 0 unspecified atom stereocenters. The lowest BCUT2D eigenvalue weighted by atomic mass is 10.0. The van der Waals surface area contributed by atoms with Crippen molar-refractivity contribution in [3.63, 3.8) is 0 Å². The summed E-state index contributed by atoms with van der Waals surface area (Å²) in [5, 5.41) is 9.21. The largest absolute Gasteiger partial charge is 0.494 e. The zero-order valence-corrected chi connectivity index (χ0v) is 9.49. The van der Waals surface area contributed by atoms with E-state index in [1.54, 1.807) is 6.07 Å². The Kier molecular flexibility index (Phi) is 3.05. The van der Waals surface area contributed by atoms with E-state index >= 15 is 0 Å². The number of carboxylic acids is 1. The Morgan fingerprint density at radius 1 is 1.44 bits per heavy atom. The van der Waals surface area contributed by atoms with Gasteiger partial charge in [-0.2, -0.15) is 0 Å². The lowest BCUT2D eigenvalue weighted by Crippen LogP contribution is -2.09.